The van der Waals surface area contributed by atoms with Gasteiger partial charge in [-0.1, -0.05) is 52.0 Å². The highest BCUT2D eigenvalue weighted by molar-refractivity contribution is 5.88. The Morgan fingerprint density at radius 2 is 1.89 bits per heavy atom. The number of unbranched alkanes of at least 4 members (excludes halogenated alkanes) is 1. The maximum absolute atomic E-state index is 12.1. The number of carbonyl (C=O) groups is 1. The van der Waals surface area contributed by atoms with Crippen molar-refractivity contribution < 1.29 is 9.53 Å². The van der Waals surface area contributed by atoms with Crippen LogP contribution in [-0.2, 0) is 9.53 Å². The molecule has 0 spiro atoms. The molecule has 2 saturated carbocycles. The zero-order valence-corrected chi connectivity index (χ0v) is 12.3. The molecule has 2 aliphatic rings. The molecule has 2 rings (SSSR count). The van der Waals surface area contributed by atoms with E-state index >= 15 is 0 Å². The van der Waals surface area contributed by atoms with Crippen LogP contribution in [0.3, 0.4) is 0 Å². The molecular weight excluding hydrogens is 236 g/mol. The van der Waals surface area contributed by atoms with Crippen LogP contribution >= 0.6 is 0 Å². The van der Waals surface area contributed by atoms with Crippen LogP contribution in [0.1, 0.15) is 64.7 Å². The highest BCUT2D eigenvalue weighted by atomic mass is 16.5. The largest absolute Gasteiger partial charge is 0.462 e. The van der Waals surface area contributed by atoms with Crippen molar-refractivity contribution in [2.24, 2.45) is 17.8 Å². The van der Waals surface area contributed by atoms with Gasteiger partial charge >= 0.3 is 5.97 Å². The van der Waals surface area contributed by atoms with E-state index in [-0.39, 0.29) is 5.97 Å². The van der Waals surface area contributed by atoms with Gasteiger partial charge in [-0.05, 0) is 37.0 Å². The van der Waals surface area contributed by atoms with E-state index in [0.29, 0.717) is 18.4 Å². The van der Waals surface area contributed by atoms with Gasteiger partial charge in [-0.25, -0.2) is 4.79 Å². The average Bonchev–Trinajstić information content (AvgIpc) is 2.46. The van der Waals surface area contributed by atoms with Crippen LogP contribution in [-0.4, -0.2) is 12.6 Å². The summed E-state index contributed by atoms with van der Waals surface area (Å²) in [7, 11) is 0. The lowest BCUT2D eigenvalue weighted by molar-refractivity contribution is -0.140. The SMILES string of the molecule is C=C(C(=O)OCCCC)C1CCCC2CCCCC21. The predicted octanol–water partition coefficient (Wildman–Crippen LogP) is 4.49. The summed E-state index contributed by atoms with van der Waals surface area (Å²) in [6, 6.07) is 0. The third-order valence-corrected chi connectivity index (χ3v) is 5.02. The molecule has 0 saturated heterocycles. The molecule has 19 heavy (non-hydrogen) atoms. The lowest BCUT2D eigenvalue weighted by atomic mass is 9.64. The Labute approximate surface area is 117 Å². The second-order valence-electron chi connectivity index (χ2n) is 6.26. The van der Waals surface area contributed by atoms with Crippen molar-refractivity contribution in [3.8, 4) is 0 Å². The first kappa shape index (κ1) is 14.6. The molecule has 3 atom stereocenters. The molecule has 2 nitrogen and oxygen atoms in total. The molecule has 0 aromatic carbocycles. The van der Waals surface area contributed by atoms with Crippen molar-refractivity contribution in [2.45, 2.75) is 64.7 Å². The molecule has 0 bridgehead atoms. The molecular formula is C17H28O2. The number of fused-ring (bicyclic) bond motifs is 1. The van der Waals surface area contributed by atoms with Gasteiger partial charge in [-0.3, -0.25) is 0 Å². The van der Waals surface area contributed by atoms with E-state index in [9.17, 15) is 4.79 Å². The first-order chi connectivity index (χ1) is 9.24. The Bertz CT molecular complexity index is 319. The third-order valence-electron chi connectivity index (χ3n) is 5.02. The van der Waals surface area contributed by atoms with Gasteiger partial charge in [0.25, 0.3) is 0 Å². The third kappa shape index (κ3) is 3.61. The van der Waals surface area contributed by atoms with E-state index in [1.807, 2.05) is 0 Å². The van der Waals surface area contributed by atoms with Crippen molar-refractivity contribution in [2.75, 3.05) is 6.61 Å². The fourth-order valence-corrected chi connectivity index (χ4v) is 3.92. The van der Waals surface area contributed by atoms with E-state index in [1.54, 1.807) is 0 Å². The lowest BCUT2D eigenvalue weighted by Gasteiger charge is -2.41. The van der Waals surface area contributed by atoms with E-state index in [0.717, 1.165) is 30.8 Å². The fraction of sp³-hybridized carbons (Fsp3) is 0.824. The second-order valence-corrected chi connectivity index (χ2v) is 6.26. The van der Waals surface area contributed by atoms with E-state index in [4.69, 9.17) is 4.74 Å². The standard InChI is InChI=1S/C17H28O2/c1-3-4-12-19-17(18)13(2)15-11-7-9-14-8-5-6-10-16(14)15/h14-16H,2-12H2,1H3. The van der Waals surface area contributed by atoms with Gasteiger partial charge in [-0.15, -0.1) is 0 Å². The van der Waals surface area contributed by atoms with Crippen LogP contribution in [0.5, 0.6) is 0 Å². The quantitative estimate of drug-likeness (QED) is 0.415. The minimum Gasteiger partial charge on any atom is -0.462 e. The molecule has 0 N–H and O–H groups in total. The van der Waals surface area contributed by atoms with Crippen molar-refractivity contribution in [1.82, 2.24) is 0 Å². The molecule has 0 aromatic rings. The van der Waals surface area contributed by atoms with Crippen LogP contribution < -0.4 is 0 Å². The average molecular weight is 264 g/mol. The minimum atomic E-state index is -0.135. The zero-order valence-electron chi connectivity index (χ0n) is 12.3. The first-order valence-electron chi connectivity index (χ1n) is 8.10. The number of hydrogen-bond acceptors (Lipinski definition) is 2. The molecule has 0 radical (unpaired) electrons. The Kier molecular flexibility index (Phi) is 5.47. The lowest BCUT2D eigenvalue weighted by Crippen LogP contribution is -2.34. The molecule has 0 heterocycles. The van der Waals surface area contributed by atoms with Crippen LogP contribution in [0.4, 0.5) is 0 Å². The van der Waals surface area contributed by atoms with Gasteiger partial charge < -0.3 is 4.74 Å². The van der Waals surface area contributed by atoms with Gasteiger partial charge in [0.1, 0.15) is 0 Å². The molecule has 2 heteroatoms. The van der Waals surface area contributed by atoms with Crippen LogP contribution in [0.2, 0.25) is 0 Å². The van der Waals surface area contributed by atoms with Gasteiger partial charge in [-0.2, -0.15) is 0 Å². The smallest absolute Gasteiger partial charge is 0.333 e. The van der Waals surface area contributed by atoms with Crippen LogP contribution in [0.15, 0.2) is 12.2 Å². The van der Waals surface area contributed by atoms with Gasteiger partial charge in [0.15, 0.2) is 0 Å². The molecule has 3 unspecified atom stereocenters. The minimum absolute atomic E-state index is 0.135. The van der Waals surface area contributed by atoms with Gasteiger partial charge in [0.05, 0.1) is 6.61 Å². The summed E-state index contributed by atoms with van der Waals surface area (Å²) in [4.78, 5) is 12.1. The summed E-state index contributed by atoms with van der Waals surface area (Å²) in [5, 5.41) is 0. The molecule has 2 fully saturated rings. The normalized spacial score (nSPS) is 30.5. The first-order valence-corrected chi connectivity index (χ1v) is 8.10. The Hall–Kier alpha value is -0.790. The van der Waals surface area contributed by atoms with Crippen molar-refractivity contribution in [3.05, 3.63) is 12.2 Å². The maximum Gasteiger partial charge on any atom is 0.333 e. The predicted molar refractivity (Wildman–Crippen MR) is 77.8 cm³/mol. The summed E-state index contributed by atoms with van der Waals surface area (Å²) in [6.07, 6.45) is 11.1. The van der Waals surface area contributed by atoms with Crippen LogP contribution in [0, 0.1) is 17.8 Å². The zero-order chi connectivity index (χ0) is 13.7. The maximum atomic E-state index is 12.1. The Balaban J connectivity index is 1.91. The summed E-state index contributed by atoms with van der Waals surface area (Å²) < 4.78 is 5.34. The Morgan fingerprint density at radius 1 is 1.16 bits per heavy atom. The number of esters is 1. The van der Waals surface area contributed by atoms with Gasteiger partial charge in [0, 0.05) is 5.57 Å². The molecule has 0 aliphatic heterocycles. The summed E-state index contributed by atoms with van der Waals surface area (Å²) in [5.41, 5.74) is 0.757. The summed E-state index contributed by atoms with van der Waals surface area (Å²) in [6.45, 7) is 6.73. The molecule has 2 aliphatic carbocycles. The summed E-state index contributed by atoms with van der Waals surface area (Å²) in [5.74, 6) is 1.80. The number of ether oxygens (including phenoxy) is 1. The van der Waals surface area contributed by atoms with Crippen LogP contribution in [0.25, 0.3) is 0 Å². The Morgan fingerprint density at radius 3 is 2.68 bits per heavy atom. The van der Waals surface area contributed by atoms with Crippen molar-refractivity contribution >= 4 is 5.97 Å². The van der Waals surface area contributed by atoms with E-state index < -0.39 is 0 Å². The van der Waals surface area contributed by atoms with E-state index in [2.05, 4.69) is 13.5 Å². The second kappa shape index (κ2) is 7.12. The summed E-state index contributed by atoms with van der Waals surface area (Å²) >= 11 is 0. The highest BCUT2D eigenvalue weighted by Crippen LogP contribution is 2.46. The fourth-order valence-electron chi connectivity index (χ4n) is 3.92. The molecule has 108 valence electrons. The van der Waals surface area contributed by atoms with Crippen molar-refractivity contribution in [1.29, 1.82) is 0 Å². The highest BCUT2D eigenvalue weighted by Gasteiger charge is 2.37. The number of hydrogen-bond donors (Lipinski definition) is 0. The van der Waals surface area contributed by atoms with Gasteiger partial charge in [0.2, 0.25) is 0 Å². The number of rotatable bonds is 5. The topological polar surface area (TPSA) is 26.3 Å². The molecule has 0 aromatic heterocycles. The van der Waals surface area contributed by atoms with E-state index in [1.165, 1.54) is 38.5 Å². The van der Waals surface area contributed by atoms with Crippen molar-refractivity contribution in [3.63, 3.8) is 0 Å². The molecule has 0 amide bonds. The monoisotopic (exact) mass is 264 g/mol. The number of carbonyl (C=O) groups excluding carboxylic acids is 1.